The zero-order valence-corrected chi connectivity index (χ0v) is 27.5. The van der Waals surface area contributed by atoms with Crippen LogP contribution in [0.4, 0.5) is 17.1 Å². The van der Waals surface area contributed by atoms with Gasteiger partial charge in [0.2, 0.25) is 0 Å². The van der Waals surface area contributed by atoms with Gasteiger partial charge in [-0.1, -0.05) is 139 Å². The highest BCUT2D eigenvalue weighted by molar-refractivity contribution is 8.00. The summed E-state index contributed by atoms with van der Waals surface area (Å²) in [6.45, 7) is 0. The number of benzene rings is 7. The van der Waals surface area contributed by atoms with Crippen molar-refractivity contribution in [3.8, 4) is 22.3 Å². The van der Waals surface area contributed by atoms with Gasteiger partial charge in [-0.2, -0.15) is 0 Å². The highest BCUT2D eigenvalue weighted by Crippen LogP contribution is 2.51. The molecular weight excluding hydrogens is 611 g/mol. The lowest BCUT2D eigenvalue weighted by Crippen LogP contribution is -2.74. The Morgan fingerprint density at radius 2 is 0.848 bits per heavy atom. The van der Waals surface area contributed by atoms with E-state index in [2.05, 4.69) is 169 Å². The first-order valence-corrected chi connectivity index (χ1v) is 19.3. The first kappa shape index (κ1) is 26.5. The Hall–Kier alpha value is -4.74. The van der Waals surface area contributed by atoms with Gasteiger partial charge in [-0.05, 0) is 91.5 Å². The van der Waals surface area contributed by atoms with Crippen LogP contribution in [0.3, 0.4) is 0 Å². The lowest BCUT2D eigenvalue weighted by Gasteiger charge is -2.37. The first-order chi connectivity index (χ1) is 22.8. The van der Waals surface area contributed by atoms with Crippen LogP contribution in [0, 0.1) is 0 Å². The predicted octanol–water partition coefficient (Wildman–Crippen LogP) is 9.11. The Kier molecular flexibility index (Phi) is 5.83. The van der Waals surface area contributed by atoms with E-state index < -0.39 is 8.07 Å². The molecule has 0 N–H and O–H groups in total. The van der Waals surface area contributed by atoms with Gasteiger partial charge in [0.1, 0.15) is 0 Å². The quantitative estimate of drug-likeness (QED) is 0.174. The largest absolute Gasteiger partial charge is 0.308 e. The normalized spacial score (nSPS) is 14.5. The van der Waals surface area contributed by atoms with Crippen molar-refractivity contribution >= 4 is 69.4 Å². The summed E-state index contributed by atoms with van der Waals surface area (Å²) in [7, 11) is -2.51. The molecule has 4 heteroatoms. The third-order valence-electron chi connectivity index (χ3n) is 9.74. The molecule has 0 aliphatic carbocycles. The molecule has 7 aromatic rings. The number of hydrogen-bond acceptors (Lipinski definition) is 3. The number of anilines is 3. The monoisotopic (exact) mass is 637 g/mol. The van der Waals surface area contributed by atoms with Crippen LogP contribution < -0.4 is 25.6 Å². The molecule has 1 nitrogen and oxygen atoms in total. The minimum Gasteiger partial charge on any atom is -0.308 e. The van der Waals surface area contributed by atoms with Crippen molar-refractivity contribution in [2.75, 3.05) is 4.90 Å². The van der Waals surface area contributed by atoms with E-state index in [-0.39, 0.29) is 0 Å². The van der Waals surface area contributed by atoms with Crippen LogP contribution in [0.25, 0.3) is 22.3 Å². The fraction of sp³-hybridized carbons (Fsp3) is 0. The van der Waals surface area contributed by atoms with Crippen molar-refractivity contribution in [2.24, 2.45) is 0 Å². The molecule has 1 spiro atoms. The molecule has 0 bridgehead atoms. The Balaban J connectivity index is 1.14. The maximum Gasteiger partial charge on any atom is 0.183 e. The van der Waals surface area contributed by atoms with Crippen LogP contribution in [-0.4, -0.2) is 8.07 Å². The van der Waals surface area contributed by atoms with E-state index in [0.29, 0.717) is 0 Å². The van der Waals surface area contributed by atoms with Gasteiger partial charge in [0.05, 0.1) is 11.4 Å². The van der Waals surface area contributed by atoms with Gasteiger partial charge >= 0.3 is 0 Å². The molecule has 3 heterocycles. The number of rotatable bonds is 2. The maximum absolute atomic E-state index is 2.53. The molecule has 0 unspecified atom stereocenters. The summed E-state index contributed by atoms with van der Waals surface area (Å²) >= 11 is 3.78. The second kappa shape index (κ2) is 10.1. The SMILES string of the molecule is c1ccc2c(c1)Sc1ccccc1N2c1ccc(-c2ccc3c(c2)[Si]2(c4ccccc4Sc4ccccc42)c2ccccc2-3)cc1. The Bertz CT molecular complexity index is 2250. The molecular formula is C42H27NS2Si. The van der Waals surface area contributed by atoms with Gasteiger partial charge in [-0.25, -0.2) is 0 Å². The number of hydrogen-bond donors (Lipinski definition) is 0. The van der Waals surface area contributed by atoms with E-state index in [1.165, 1.54) is 79.6 Å². The summed E-state index contributed by atoms with van der Waals surface area (Å²) in [5, 5.41) is 6.04. The summed E-state index contributed by atoms with van der Waals surface area (Å²) < 4.78 is 0. The van der Waals surface area contributed by atoms with Crippen LogP contribution in [0.2, 0.25) is 0 Å². The van der Waals surface area contributed by atoms with Crippen LogP contribution >= 0.6 is 23.5 Å². The Labute approximate surface area is 278 Å². The molecule has 216 valence electrons. The number of para-hydroxylation sites is 2. The highest BCUT2D eigenvalue weighted by Gasteiger charge is 2.52. The Morgan fingerprint density at radius 1 is 0.370 bits per heavy atom. The van der Waals surface area contributed by atoms with E-state index in [4.69, 9.17) is 0 Å². The topological polar surface area (TPSA) is 3.24 Å². The van der Waals surface area contributed by atoms with Crippen molar-refractivity contribution < 1.29 is 0 Å². The fourth-order valence-electron chi connectivity index (χ4n) is 7.82. The predicted molar refractivity (Wildman–Crippen MR) is 197 cm³/mol. The van der Waals surface area contributed by atoms with Crippen molar-refractivity contribution in [3.63, 3.8) is 0 Å². The lowest BCUT2D eigenvalue weighted by molar-refractivity contribution is 1.17. The van der Waals surface area contributed by atoms with Crippen LogP contribution in [0.15, 0.2) is 183 Å². The zero-order chi connectivity index (χ0) is 30.2. The molecule has 0 aromatic heterocycles. The summed E-state index contributed by atoms with van der Waals surface area (Å²) in [6, 6.07) is 61.4. The van der Waals surface area contributed by atoms with E-state index in [0.717, 1.165) is 0 Å². The zero-order valence-electron chi connectivity index (χ0n) is 24.9. The van der Waals surface area contributed by atoms with Gasteiger partial charge in [-0.15, -0.1) is 0 Å². The van der Waals surface area contributed by atoms with E-state index in [1.54, 1.807) is 0 Å². The van der Waals surface area contributed by atoms with Gasteiger partial charge in [0, 0.05) is 25.3 Å². The number of fused-ring (bicyclic) bond motifs is 11. The highest BCUT2D eigenvalue weighted by atomic mass is 32.2. The average Bonchev–Trinajstić information content (AvgIpc) is 3.41. The summed E-state index contributed by atoms with van der Waals surface area (Å²) in [5.74, 6) is 0. The number of nitrogens with zero attached hydrogens (tertiary/aromatic N) is 1. The van der Waals surface area contributed by atoms with Gasteiger partial charge in [0.25, 0.3) is 0 Å². The molecule has 0 atom stereocenters. The summed E-state index contributed by atoms with van der Waals surface area (Å²) in [4.78, 5) is 7.76. The van der Waals surface area contributed by atoms with Crippen molar-refractivity contribution in [3.05, 3.63) is 164 Å². The van der Waals surface area contributed by atoms with Gasteiger partial charge in [-0.3, -0.25) is 0 Å². The second-order valence-corrected chi connectivity index (χ2v) is 17.9. The van der Waals surface area contributed by atoms with E-state index >= 15 is 0 Å². The van der Waals surface area contributed by atoms with Gasteiger partial charge in [0.15, 0.2) is 8.07 Å². The average molecular weight is 638 g/mol. The third kappa shape index (κ3) is 3.66. The first-order valence-electron chi connectivity index (χ1n) is 15.7. The molecule has 10 rings (SSSR count). The third-order valence-corrected chi connectivity index (χ3v) is 17.3. The molecule has 0 saturated heterocycles. The minimum absolute atomic E-state index is 1.18. The van der Waals surface area contributed by atoms with Crippen LogP contribution in [0.5, 0.6) is 0 Å². The second-order valence-electron chi connectivity index (χ2n) is 12.1. The van der Waals surface area contributed by atoms with Crippen molar-refractivity contribution in [1.29, 1.82) is 0 Å². The summed E-state index contributed by atoms with van der Waals surface area (Å²) in [5.41, 5.74) is 8.93. The standard InChI is InChI=1S/C42H27NS2Si/c1-8-18-39-31(11-1)32-26-23-29(27-42(32)46(39)40-19-9-6-16-37(40)45-38-17-7-10-20-41(38)46)28-21-24-30(25-22-28)43-33-12-2-4-14-35(33)44-36-15-5-3-13-34(36)43/h1-27H. The van der Waals surface area contributed by atoms with Crippen LogP contribution in [-0.2, 0) is 0 Å². The van der Waals surface area contributed by atoms with E-state index in [1.807, 2.05) is 23.5 Å². The smallest absolute Gasteiger partial charge is 0.183 e. The minimum atomic E-state index is -2.51. The molecule has 46 heavy (non-hydrogen) atoms. The van der Waals surface area contributed by atoms with E-state index in [9.17, 15) is 0 Å². The fourth-order valence-corrected chi connectivity index (χ4v) is 16.3. The molecule has 0 radical (unpaired) electrons. The molecule has 7 aromatic carbocycles. The molecule has 3 aliphatic heterocycles. The van der Waals surface area contributed by atoms with Crippen LogP contribution in [0.1, 0.15) is 0 Å². The lowest BCUT2D eigenvalue weighted by atomic mass is 10.00. The molecule has 0 fully saturated rings. The summed E-state index contributed by atoms with van der Waals surface area (Å²) in [6.07, 6.45) is 0. The van der Waals surface area contributed by atoms with Crippen molar-refractivity contribution in [2.45, 2.75) is 19.6 Å². The maximum atomic E-state index is 2.53. The molecule has 3 aliphatic rings. The molecule has 0 saturated carbocycles. The van der Waals surface area contributed by atoms with Crippen molar-refractivity contribution in [1.82, 2.24) is 0 Å². The molecule has 0 amide bonds. The Morgan fingerprint density at radius 3 is 1.50 bits per heavy atom. The van der Waals surface area contributed by atoms with Gasteiger partial charge < -0.3 is 4.90 Å².